The molecule has 0 aromatic carbocycles. The Morgan fingerprint density at radius 2 is 1.16 bits per heavy atom. The van der Waals surface area contributed by atoms with Crippen molar-refractivity contribution in [2.75, 3.05) is 19.8 Å². The van der Waals surface area contributed by atoms with Crippen LogP contribution < -0.4 is 16.8 Å². The zero-order valence-corrected chi connectivity index (χ0v) is 28.8. The van der Waals surface area contributed by atoms with Gasteiger partial charge < -0.3 is 86.4 Å². The number of carbonyl (C=O) groups excluding carboxylic acids is 1. The molecule has 14 N–H and O–H groups in total. The predicted molar refractivity (Wildman–Crippen MR) is 174 cm³/mol. The number of hydrogen-bond acceptors (Lipinski definition) is 17. The summed E-state index contributed by atoms with van der Waals surface area (Å²) in [7, 11) is 0. The van der Waals surface area contributed by atoms with Crippen LogP contribution in [0.2, 0.25) is 0 Å². The zero-order chi connectivity index (χ0) is 37.0. The lowest BCUT2D eigenvalue weighted by atomic mass is 9.94. The van der Waals surface area contributed by atoms with Gasteiger partial charge in [0.1, 0.15) is 61.0 Å². The monoisotopic (exact) mass is 727 g/mol. The second kappa shape index (κ2) is 21.5. The Kier molecular flexibility index (Phi) is 18.6. The van der Waals surface area contributed by atoms with E-state index < -0.39 is 124 Å². The second-order valence-electron chi connectivity index (χ2n) is 13.6. The van der Waals surface area contributed by atoms with Crippen LogP contribution in [0.3, 0.4) is 0 Å². The number of ether oxygens (including phenoxy) is 5. The summed E-state index contributed by atoms with van der Waals surface area (Å²) in [5, 5.41) is 95.5. The first kappa shape index (κ1) is 43.2. The molecule has 0 spiro atoms. The van der Waals surface area contributed by atoms with E-state index in [1.807, 2.05) is 0 Å². The summed E-state index contributed by atoms with van der Waals surface area (Å²) in [6.07, 6.45) is -8.82. The van der Waals surface area contributed by atoms with E-state index in [2.05, 4.69) is 12.2 Å². The van der Waals surface area contributed by atoms with E-state index in [0.717, 1.165) is 25.7 Å². The van der Waals surface area contributed by atoms with Crippen LogP contribution in [-0.2, 0) is 28.5 Å². The lowest BCUT2D eigenvalue weighted by Crippen LogP contribution is -2.69. The molecule has 3 aliphatic heterocycles. The Morgan fingerprint density at radius 1 is 0.680 bits per heavy atom. The normalized spacial score (nSPS) is 40.0. The molecule has 18 nitrogen and oxygen atoms in total. The maximum absolute atomic E-state index is 12.8. The molecule has 2 unspecified atom stereocenters. The van der Waals surface area contributed by atoms with Crippen LogP contribution in [-0.4, -0.2) is 170 Å². The van der Waals surface area contributed by atoms with Crippen LogP contribution >= 0.6 is 0 Å². The van der Waals surface area contributed by atoms with Crippen molar-refractivity contribution in [2.45, 2.75) is 176 Å². The lowest BCUT2D eigenvalue weighted by Gasteiger charge is -2.48. The van der Waals surface area contributed by atoms with Gasteiger partial charge in [-0.15, -0.1) is 0 Å². The lowest BCUT2D eigenvalue weighted by molar-refractivity contribution is -0.348. The quantitative estimate of drug-likeness (QED) is 0.0534. The van der Waals surface area contributed by atoms with Gasteiger partial charge in [-0.3, -0.25) is 4.79 Å². The Bertz CT molecular complexity index is 970. The summed E-state index contributed by atoms with van der Waals surface area (Å²) in [5.41, 5.74) is 12.2. The third-order valence-electron chi connectivity index (χ3n) is 9.67. The van der Waals surface area contributed by atoms with Crippen LogP contribution in [0.4, 0.5) is 0 Å². The molecule has 0 aromatic rings. The molecular formula is C32H61N3O15. The number of aliphatic hydroxyl groups excluding tert-OH is 9. The molecule has 50 heavy (non-hydrogen) atoms. The Labute approximate surface area is 292 Å². The van der Waals surface area contributed by atoms with Gasteiger partial charge in [-0.1, -0.05) is 64.7 Å². The molecule has 3 heterocycles. The number of unbranched alkanes of at least 4 members (excludes halogenated alkanes) is 8. The molecule has 0 saturated carbocycles. The van der Waals surface area contributed by atoms with Crippen molar-refractivity contribution in [3.8, 4) is 0 Å². The number of aliphatic hydroxyl groups is 9. The van der Waals surface area contributed by atoms with Gasteiger partial charge in [0, 0.05) is 0 Å². The van der Waals surface area contributed by atoms with Gasteiger partial charge in [-0.25, -0.2) is 0 Å². The topological polar surface area (TPSA) is 309 Å². The maximum Gasteiger partial charge on any atom is 0.223 e. The first-order chi connectivity index (χ1) is 23.9. The van der Waals surface area contributed by atoms with Crippen molar-refractivity contribution in [2.24, 2.45) is 11.5 Å². The van der Waals surface area contributed by atoms with Gasteiger partial charge in [-0.2, -0.15) is 0 Å². The molecule has 3 rings (SSSR count). The smallest absolute Gasteiger partial charge is 0.223 e. The van der Waals surface area contributed by atoms with Crippen LogP contribution in [0.5, 0.6) is 0 Å². The summed E-state index contributed by atoms with van der Waals surface area (Å²) in [6.45, 7) is 0.00446. The number of carbonyl (C=O) groups is 1. The number of rotatable bonds is 20. The molecule has 3 aliphatic rings. The van der Waals surface area contributed by atoms with Gasteiger partial charge in [0.05, 0.1) is 44.4 Å². The molecular weight excluding hydrogens is 666 g/mol. The first-order valence-corrected chi connectivity index (χ1v) is 17.9. The molecule has 3 saturated heterocycles. The van der Waals surface area contributed by atoms with E-state index in [-0.39, 0.29) is 6.42 Å². The largest absolute Gasteiger partial charge is 0.394 e. The zero-order valence-electron chi connectivity index (χ0n) is 28.8. The minimum Gasteiger partial charge on any atom is -0.394 e. The van der Waals surface area contributed by atoms with Gasteiger partial charge >= 0.3 is 0 Å². The summed E-state index contributed by atoms with van der Waals surface area (Å²) in [6, 6.07) is -4.19. The Balaban J connectivity index is 1.55. The Hall–Kier alpha value is -1.17. The van der Waals surface area contributed by atoms with E-state index in [4.69, 9.17) is 35.2 Å². The number of nitrogens with two attached hydrogens (primary N) is 2. The number of amides is 1. The molecule has 3 fully saturated rings. The highest BCUT2D eigenvalue weighted by atomic mass is 16.7. The third-order valence-corrected chi connectivity index (χ3v) is 9.67. The molecule has 1 amide bonds. The van der Waals surface area contributed by atoms with Gasteiger partial charge in [0.25, 0.3) is 0 Å². The van der Waals surface area contributed by atoms with Crippen molar-refractivity contribution in [1.29, 1.82) is 0 Å². The van der Waals surface area contributed by atoms with Crippen LogP contribution in [0.25, 0.3) is 0 Å². The SMILES string of the molecule is CCCCCCCCCCCC(O)CC(=O)N[C@H]1C(O)O[C@H](CO)[C@@H](O[C@@H]2O[C@H](CO)[C@@H](O[C@@H]3O[C@H](CO)[C@@H](O)[C@H](O)[C@H]3N)[C@H](O)[C@H]2N)[C@@H]1O. The maximum atomic E-state index is 12.8. The standard InChI is InChI=1S/C32H61N3O15/c1-2-3-4-5-6-7-8-9-10-11-16(39)12-20(40)35-23-27(44)29(18(14-37)46-30(23)45)50-32-22(34)26(43)28(19(15-38)48-32)49-31-21(33)25(42)24(41)17(13-36)47-31/h16-19,21-32,36-39,41-45H,2-15,33-34H2,1H3,(H,35,40)/t16?,17-,18-,19-,21-,22-,23-,24-,25-,26-,27-,28-,29-,30?,31+,32+/m1/s1. The fourth-order valence-corrected chi connectivity index (χ4v) is 6.57. The molecule has 0 radical (unpaired) electrons. The van der Waals surface area contributed by atoms with Crippen LogP contribution in [0.1, 0.15) is 77.6 Å². The van der Waals surface area contributed by atoms with E-state index in [1.54, 1.807) is 0 Å². The van der Waals surface area contributed by atoms with Gasteiger partial charge in [-0.05, 0) is 6.42 Å². The van der Waals surface area contributed by atoms with Crippen molar-refractivity contribution in [1.82, 2.24) is 5.32 Å². The highest BCUT2D eigenvalue weighted by Crippen LogP contribution is 2.31. The number of nitrogens with one attached hydrogen (secondary N) is 1. The molecule has 294 valence electrons. The van der Waals surface area contributed by atoms with Crippen molar-refractivity contribution in [3.63, 3.8) is 0 Å². The third kappa shape index (κ3) is 11.7. The van der Waals surface area contributed by atoms with E-state index in [9.17, 15) is 50.8 Å². The minimum atomic E-state index is -1.76. The average Bonchev–Trinajstić information content (AvgIpc) is 3.09. The summed E-state index contributed by atoms with van der Waals surface area (Å²) < 4.78 is 28.2. The molecule has 0 aromatic heterocycles. The molecule has 0 aliphatic carbocycles. The highest BCUT2D eigenvalue weighted by Gasteiger charge is 2.53. The van der Waals surface area contributed by atoms with Crippen LogP contribution in [0.15, 0.2) is 0 Å². The van der Waals surface area contributed by atoms with Crippen molar-refractivity contribution < 1.29 is 74.4 Å². The van der Waals surface area contributed by atoms with Crippen molar-refractivity contribution >= 4 is 5.91 Å². The van der Waals surface area contributed by atoms with Gasteiger partial charge in [0.2, 0.25) is 5.91 Å². The van der Waals surface area contributed by atoms with Crippen LogP contribution in [0, 0.1) is 0 Å². The molecule has 16 atom stereocenters. The Morgan fingerprint density at radius 3 is 1.72 bits per heavy atom. The first-order valence-electron chi connectivity index (χ1n) is 17.9. The fraction of sp³-hybridized carbons (Fsp3) is 0.969. The second-order valence-corrected chi connectivity index (χ2v) is 13.6. The van der Waals surface area contributed by atoms with E-state index >= 15 is 0 Å². The van der Waals surface area contributed by atoms with Gasteiger partial charge in [0.15, 0.2) is 18.9 Å². The summed E-state index contributed by atoms with van der Waals surface area (Å²) in [4.78, 5) is 12.8. The van der Waals surface area contributed by atoms with E-state index in [1.165, 1.54) is 32.1 Å². The minimum absolute atomic E-state index is 0.284. The summed E-state index contributed by atoms with van der Waals surface area (Å²) in [5.74, 6) is -0.660. The average molecular weight is 728 g/mol. The van der Waals surface area contributed by atoms with Crippen molar-refractivity contribution in [3.05, 3.63) is 0 Å². The summed E-state index contributed by atoms with van der Waals surface area (Å²) >= 11 is 0. The highest BCUT2D eigenvalue weighted by molar-refractivity contribution is 5.76. The van der Waals surface area contributed by atoms with E-state index in [0.29, 0.717) is 6.42 Å². The fourth-order valence-electron chi connectivity index (χ4n) is 6.57. The molecule has 0 bridgehead atoms. The molecule has 18 heteroatoms. The number of hydrogen-bond donors (Lipinski definition) is 12. The predicted octanol–water partition coefficient (Wildman–Crippen LogP) is -3.84.